The normalized spacial score (nSPS) is 11.4. The molecule has 0 saturated heterocycles. The number of aryl methyl sites for hydroxylation is 1. The van der Waals surface area contributed by atoms with Crippen LogP contribution in [0.3, 0.4) is 0 Å². The van der Waals surface area contributed by atoms with Crippen LogP contribution in [0.15, 0.2) is 40.6 Å². The molecule has 0 fully saturated rings. The van der Waals surface area contributed by atoms with E-state index >= 15 is 0 Å². The smallest absolute Gasteiger partial charge is 0.338 e. The van der Waals surface area contributed by atoms with Crippen molar-refractivity contribution in [3.8, 4) is 33.2 Å². The summed E-state index contributed by atoms with van der Waals surface area (Å²) in [7, 11) is 0. The second kappa shape index (κ2) is 8.94. The molecule has 4 heterocycles. The van der Waals surface area contributed by atoms with Gasteiger partial charge in [0.1, 0.15) is 10.8 Å². The highest BCUT2D eigenvalue weighted by Crippen LogP contribution is 2.38. The van der Waals surface area contributed by atoms with E-state index in [0.29, 0.717) is 34.6 Å². The summed E-state index contributed by atoms with van der Waals surface area (Å²) >= 11 is 0.832. The second-order valence-corrected chi connectivity index (χ2v) is 7.60. The zero-order valence-corrected chi connectivity index (χ0v) is 18.1. The number of urea groups is 1. The molecule has 0 saturated carbocycles. The minimum Gasteiger partial charge on any atom is -0.338 e. The second-order valence-electron chi connectivity index (χ2n) is 6.74. The molecular weight excluding hydrogens is 459 g/mol. The molecule has 0 atom stereocenters. The fraction of sp³-hybridized carbons (Fsp3) is 0.200. The number of carbonyl (C=O) groups excluding carboxylic acids is 1. The first-order valence-corrected chi connectivity index (χ1v) is 10.5. The van der Waals surface area contributed by atoms with Gasteiger partial charge in [-0.05, 0) is 26.0 Å². The van der Waals surface area contributed by atoms with E-state index in [1.165, 1.54) is 24.7 Å². The van der Waals surface area contributed by atoms with E-state index in [-0.39, 0.29) is 16.7 Å². The molecular formula is C20H16F3N7O2S. The Bertz CT molecular complexity index is 1300. The molecule has 4 aromatic rings. The van der Waals surface area contributed by atoms with Gasteiger partial charge < -0.3 is 9.84 Å². The summed E-state index contributed by atoms with van der Waals surface area (Å²) in [6.45, 7) is 3.82. The largest absolute Gasteiger partial charge is 0.434 e. The summed E-state index contributed by atoms with van der Waals surface area (Å²) < 4.78 is 44.6. The number of hydrogen-bond donors (Lipinski definition) is 2. The van der Waals surface area contributed by atoms with E-state index in [2.05, 4.69) is 35.7 Å². The van der Waals surface area contributed by atoms with Crippen molar-refractivity contribution in [2.75, 3.05) is 11.9 Å². The summed E-state index contributed by atoms with van der Waals surface area (Å²) in [5, 5.41) is 9.92. The van der Waals surface area contributed by atoms with Gasteiger partial charge in [-0.1, -0.05) is 5.16 Å². The Hall–Kier alpha value is -3.87. The zero-order valence-electron chi connectivity index (χ0n) is 17.3. The molecule has 4 rings (SSSR count). The van der Waals surface area contributed by atoms with Crippen LogP contribution >= 0.6 is 11.3 Å². The molecule has 0 aliphatic heterocycles. The standard InChI is InChI=1S/C20H16F3N7O2S/c1-3-25-19(31)29-16-5-13(18-28-15(9-33-18)20(21,22)23)14(8-26-16)11-4-12(7-24-6-11)17-27-10(2)30-32-17/h4-9H,3H2,1-2H3,(H2,25,26,29,31). The van der Waals surface area contributed by atoms with Crippen molar-refractivity contribution in [2.24, 2.45) is 0 Å². The van der Waals surface area contributed by atoms with Gasteiger partial charge in [0.25, 0.3) is 5.89 Å². The number of thiazole rings is 1. The van der Waals surface area contributed by atoms with Crippen molar-refractivity contribution in [1.82, 2.24) is 30.4 Å². The number of alkyl halides is 3. The molecule has 0 aliphatic carbocycles. The first-order valence-electron chi connectivity index (χ1n) is 9.58. The minimum atomic E-state index is -4.58. The van der Waals surface area contributed by atoms with Crippen molar-refractivity contribution in [2.45, 2.75) is 20.0 Å². The number of nitrogens with one attached hydrogen (secondary N) is 2. The van der Waals surface area contributed by atoms with Crippen molar-refractivity contribution in [3.05, 3.63) is 47.6 Å². The lowest BCUT2D eigenvalue weighted by atomic mass is 10.0. The maximum Gasteiger partial charge on any atom is 0.434 e. The highest BCUT2D eigenvalue weighted by atomic mass is 32.1. The van der Waals surface area contributed by atoms with E-state index in [1.807, 2.05) is 0 Å². The van der Waals surface area contributed by atoms with E-state index in [0.717, 1.165) is 16.7 Å². The minimum absolute atomic E-state index is 0.109. The molecule has 2 amide bonds. The summed E-state index contributed by atoms with van der Waals surface area (Å²) in [4.78, 5) is 28.2. The maximum atomic E-state index is 13.2. The monoisotopic (exact) mass is 475 g/mol. The molecule has 0 bridgehead atoms. The number of carbonyl (C=O) groups is 1. The van der Waals surface area contributed by atoms with Crippen LogP contribution in [0, 0.1) is 6.92 Å². The molecule has 33 heavy (non-hydrogen) atoms. The number of anilines is 1. The van der Waals surface area contributed by atoms with Gasteiger partial charge in [-0.2, -0.15) is 18.2 Å². The van der Waals surface area contributed by atoms with Crippen LogP contribution < -0.4 is 10.6 Å². The van der Waals surface area contributed by atoms with Crippen molar-refractivity contribution >= 4 is 23.2 Å². The van der Waals surface area contributed by atoms with Crippen LogP contribution in [0.1, 0.15) is 18.4 Å². The third-order valence-electron chi connectivity index (χ3n) is 4.33. The van der Waals surface area contributed by atoms with Gasteiger partial charge in [0, 0.05) is 47.2 Å². The van der Waals surface area contributed by atoms with Crippen molar-refractivity contribution < 1.29 is 22.5 Å². The fourth-order valence-electron chi connectivity index (χ4n) is 2.90. The van der Waals surface area contributed by atoms with Gasteiger partial charge >= 0.3 is 12.2 Å². The lowest BCUT2D eigenvalue weighted by molar-refractivity contribution is -0.140. The Labute approximate surface area is 189 Å². The Kier molecular flexibility index (Phi) is 6.05. The Balaban J connectivity index is 1.80. The van der Waals surface area contributed by atoms with Crippen LogP contribution in [-0.2, 0) is 6.18 Å². The van der Waals surface area contributed by atoms with Gasteiger partial charge in [0.15, 0.2) is 11.5 Å². The number of halogens is 3. The van der Waals surface area contributed by atoms with Gasteiger partial charge in [-0.25, -0.2) is 14.8 Å². The van der Waals surface area contributed by atoms with E-state index < -0.39 is 17.9 Å². The maximum absolute atomic E-state index is 13.2. The van der Waals surface area contributed by atoms with E-state index in [4.69, 9.17) is 4.52 Å². The number of hydrogen-bond acceptors (Lipinski definition) is 8. The zero-order chi connectivity index (χ0) is 23.6. The van der Waals surface area contributed by atoms with Crippen LogP contribution in [0.4, 0.5) is 23.8 Å². The lowest BCUT2D eigenvalue weighted by Gasteiger charge is -2.11. The molecule has 0 aliphatic rings. The van der Waals surface area contributed by atoms with Gasteiger partial charge in [0.2, 0.25) is 0 Å². The average Bonchev–Trinajstić information content (AvgIpc) is 3.43. The molecule has 4 aromatic heterocycles. The topological polar surface area (TPSA) is 119 Å². The Morgan fingerprint density at radius 2 is 1.91 bits per heavy atom. The number of amides is 2. The van der Waals surface area contributed by atoms with Gasteiger partial charge in [-0.15, -0.1) is 11.3 Å². The predicted molar refractivity (Wildman–Crippen MR) is 114 cm³/mol. The highest BCUT2D eigenvalue weighted by Gasteiger charge is 2.34. The first-order chi connectivity index (χ1) is 15.7. The fourth-order valence-corrected chi connectivity index (χ4v) is 3.75. The van der Waals surface area contributed by atoms with Crippen LogP contribution in [0.5, 0.6) is 0 Å². The van der Waals surface area contributed by atoms with E-state index in [9.17, 15) is 18.0 Å². The Morgan fingerprint density at radius 1 is 1.12 bits per heavy atom. The van der Waals surface area contributed by atoms with Gasteiger partial charge in [0.05, 0.1) is 5.56 Å². The van der Waals surface area contributed by atoms with Gasteiger partial charge in [-0.3, -0.25) is 10.3 Å². The average molecular weight is 475 g/mol. The third-order valence-corrected chi connectivity index (χ3v) is 5.21. The van der Waals surface area contributed by atoms with Crippen LogP contribution in [0.25, 0.3) is 33.2 Å². The molecule has 0 aromatic carbocycles. The predicted octanol–water partition coefficient (Wildman–Crippen LogP) is 4.79. The first kappa shape index (κ1) is 22.3. The third kappa shape index (κ3) is 4.98. The summed E-state index contributed by atoms with van der Waals surface area (Å²) in [5.74, 6) is 0.848. The molecule has 0 radical (unpaired) electrons. The van der Waals surface area contributed by atoms with Crippen LogP contribution in [-0.4, -0.2) is 37.7 Å². The number of pyridine rings is 2. The molecule has 9 nitrogen and oxygen atoms in total. The SMILES string of the molecule is CCNC(=O)Nc1cc(-c2nc(C(F)(F)F)cs2)c(-c2cncc(-c3nc(C)no3)c2)cn1. The summed E-state index contributed by atoms with van der Waals surface area (Å²) in [6, 6.07) is 2.68. The molecule has 170 valence electrons. The Morgan fingerprint density at radius 3 is 2.58 bits per heavy atom. The number of nitrogens with zero attached hydrogens (tertiary/aromatic N) is 5. The summed E-state index contributed by atoms with van der Waals surface area (Å²) in [5.41, 5.74) is 0.873. The van der Waals surface area contributed by atoms with Crippen molar-refractivity contribution in [3.63, 3.8) is 0 Å². The molecule has 2 N–H and O–H groups in total. The highest BCUT2D eigenvalue weighted by molar-refractivity contribution is 7.13. The molecule has 0 spiro atoms. The number of aromatic nitrogens is 5. The number of rotatable bonds is 5. The summed E-state index contributed by atoms with van der Waals surface area (Å²) in [6.07, 6.45) is -0.0884. The molecule has 13 heteroatoms. The quantitative estimate of drug-likeness (QED) is 0.426. The lowest BCUT2D eigenvalue weighted by Crippen LogP contribution is -2.28. The van der Waals surface area contributed by atoms with Crippen molar-refractivity contribution in [1.29, 1.82) is 0 Å². The van der Waals surface area contributed by atoms with E-state index in [1.54, 1.807) is 19.9 Å². The molecule has 0 unspecified atom stereocenters. The van der Waals surface area contributed by atoms with Crippen LogP contribution in [0.2, 0.25) is 0 Å².